The highest BCUT2D eigenvalue weighted by molar-refractivity contribution is 7.89. The minimum Gasteiger partial charge on any atom is -0.389 e. The molecule has 1 aromatic heterocycles. The van der Waals surface area contributed by atoms with Gasteiger partial charge in [-0.15, -0.1) is 0 Å². The molecule has 8 heteroatoms. The lowest BCUT2D eigenvalue weighted by molar-refractivity contribution is 0.0292. The number of nitrogens with zero attached hydrogens (tertiary/aromatic N) is 1. The van der Waals surface area contributed by atoms with E-state index in [1.807, 2.05) is 0 Å². The molecule has 1 heterocycles. The number of aliphatic hydroxyl groups is 1. The number of methoxy groups -OCH3 is 1. The molecule has 0 radical (unpaired) electrons. The molecule has 0 saturated carbocycles. The molecule has 1 unspecified atom stereocenters. The van der Waals surface area contributed by atoms with Crippen LogP contribution in [0.2, 0.25) is 5.15 Å². The summed E-state index contributed by atoms with van der Waals surface area (Å²) in [6, 6.07) is 2.82. The SMILES string of the molecule is COCCC(C)(O)CNS(=O)(=O)c1cccnc1Cl. The van der Waals surface area contributed by atoms with Crippen molar-refractivity contribution in [3.63, 3.8) is 0 Å². The van der Waals surface area contributed by atoms with Crippen LogP contribution in [0.3, 0.4) is 0 Å². The van der Waals surface area contributed by atoms with Crippen molar-refractivity contribution >= 4 is 21.6 Å². The van der Waals surface area contributed by atoms with E-state index >= 15 is 0 Å². The molecule has 108 valence electrons. The van der Waals surface area contributed by atoms with E-state index in [2.05, 4.69) is 9.71 Å². The molecule has 0 spiro atoms. The van der Waals surface area contributed by atoms with Gasteiger partial charge in [0.15, 0.2) is 0 Å². The second kappa shape index (κ2) is 6.62. The van der Waals surface area contributed by atoms with Crippen molar-refractivity contribution in [2.45, 2.75) is 23.8 Å². The lowest BCUT2D eigenvalue weighted by Crippen LogP contribution is -2.41. The van der Waals surface area contributed by atoms with Crippen LogP contribution < -0.4 is 4.72 Å². The molecule has 0 bridgehead atoms. The van der Waals surface area contributed by atoms with Gasteiger partial charge in [-0.25, -0.2) is 18.1 Å². The first-order valence-electron chi connectivity index (χ1n) is 5.60. The predicted octanol–water partition coefficient (Wildman–Crippen LogP) is 0.801. The quantitative estimate of drug-likeness (QED) is 0.727. The average Bonchev–Trinajstić information content (AvgIpc) is 2.35. The van der Waals surface area contributed by atoms with Crippen LogP contribution >= 0.6 is 11.6 Å². The van der Waals surface area contributed by atoms with Crippen LogP contribution in [-0.4, -0.2) is 44.4 Å². The van der Waals surface area contributed by atoms with E-state index in [0.29, 0.717) is 13.0 Å². The average molecular weight is 309 g/mol. The van der Waals surface area contributed by atoms with E-state index in [-0.39, 0.29) is 16.6 Å². The summed E-state index contributed by atoms with van der Waals surface area (Å²) in [5, 5.41) is 9.86. The Morgan fingerprint density at radius 2 is 2.26 bits per heavy atom. The van der Waals surface area contributed by atoms with E-state index in [1.54, 1.807) is 0 Å². The standard InChI is InChI=1S/C11H17ClN2O4S/c1-11(15,5-7-18-2)8-14-19(16,17)9-4-3-6-13-10(9)12/h3-4,6,14-15H,5,7-8H2,1-2H3. The summed E-state index contributed by atoms with van der Waals surface area (Å²) in [4.78, 5) is 3.59. The highest BCUT2D eigenvalue weighted by Gasteiger charge is 2.25. The second-order valence-electron chi connectivity index (χ2n) is 4.36. The van der Waals surface area contributed by atoms with Crippen LogP contribution in [0.5, 0.6) is 0 Å². The zero-order valence-electron chi connectivity index (χ0n) is 10.8. The van der Waals surface area contributed by atoms with E-state index in [1.165, 1.54) is 32.4 Å². The Morgan fingerprint density at radius 1 is 1.58 bits per heavy atom. The van der Waals surface area contributed by atoms with Crippen molar-refractivity contribution in [3.8, 4) is 0 Å². The first-order valence-corrected chi connectivity index (χ1v) is 7.46. The highest BCUT2D eigenvalue weighted by Crippen LogP contribution is 2.18. The van der Waals surface area contributed by atoms with Crippen LogP contribution in [0.25, 0.3) is 0 Å². The van der Waals surface area contributed by atoms with Crippen molar-refractivity contribution in [2.24, 2.45) is 0 Å². The topological polar surface area (TPSA) is 88.5 Å². The predicted molar refractivity (Wildman–Crippen MR) is 71.6 cm³/mol. The van der Waals surface area contributed by atoms with Gasteiger partial charge >= 0.3 is 0 Å². The van der Waals surface area contributed by atoms with E-state index in [9.17, 15) is 13.5 Å². The molecule has 1 aromatic rings. The smallest absolute Gasteiger partial charge is 0.243 e. The Hall–Kier alpha value is -0.730. The Morgan fingerprint density at radius 3 is 2.84 bits per heavy atom. The molecule has 0 amide bonds. The molecule has 1 atom stereocenters. The number of sulfonamides is 1. The summed E-state index contributed by atoms with van der Waals surface area (Å²) in [7, 11) is -2.28. The number of nitrogens with one attached hydrogen (secondary N) is 1. The third-order valence-corrected chi connectivity index (χ3v) is 4.35. The zero-order chi connectivity index (χ0) is 14.5. The monoisotopic (exact) mass is 308 g/mol. The summed E-state index contributed by atoms with van der Waals surface area (Å²) in [5.74, 6) is 0. The summed E-state index contributed by atoms with van der Waals surface area (Å²) in [5.41, 5.74) is -1.20. The first-order chi connectivity index (χ1) is 8.78. The van der Waals surface area contributed by atoms with Gasteiger partial charge in [0.05, 0.1) is 5.60 Å². The maximum Gasteiger partial charge on any atom is 0.243 e. The molecule has 2 N–H and O–H groups in total. The molecule has 0 aliphatic heterocycles. The number of hydrogen-bond donors (Lipinski definition) is 2. The number of hydrogen-bond acceptors (Lipinski definition) is 5. The molecule has 0 aromatic carbocycles. The van der Waals surface area contributed by atoms with Crippen molar-refractivity contribution in [1.82, 2.24) is 9.71 Å². The van der Waals surface area contributed by atoms with Gasteiger partial charge in [0, 0.05) is 32.9 Å². The molecular formula is C11H17ClN2O4S. The lowest BCUT2D eigenvalue weighted by atomic mass is 10.0. The second-order valence-corrected chi connectivity index (χ2v) is 6.45. The number of aromatic nitrogens is 1. The van der Waals surface area contributed by atoms with Crippen LogP contribution in [-0.2, 0) is 14.8 Å². The fraction of sp³-hybridized carbons (Fsp3) is 0.545. The molecule has 19 heavy (non-hydrogen) atoms. The van der Waals surface area contributed by atoms with Crippen molar-refractivity contribution in [3.05, 3.63) is 23.5 Å². The third-order valence-electron chi connectivity index (χ3n) is 2.50. The first kappa shape index (κ1) is 16.3. The number of ether oxygens (including phenoxy) is 1. The van der Waals surface area contributed by atoms with Gasteiger partial charge in [-0.3, -0.25) is 0 Å². The van der Waals surface area contributed by atoms with Gasteiger partial charge in [-0.1, -0.05) is 11.6 Å². The molecule has 0 aliphatic carbocycles. The normalized spacial score (nSPS) is 15.2. The minimum absolute atomic E-state index is 0.105. The number of rotatable bonds is 7. The maximum absolute atomic E-state index is 12.0. The van der Waals surface area contributed by atoms with Gasteiger partial charge in [-0.05, 0) is 19.1 Å². The van der Waals surface area contributed by atoms with Gasteiger partial charge in [-0.2, -0.15) is 0 Å². The Balaban J connectivity index is 2.74. The van der Waals surface area contributed by atoms with Crippen molar-refractivity contribution in [1.29, 1.82) is 0 Å². The lowest BCUT2D eigenvalue weighted by Gasteiger charge is -2.23. The molecule has 6 nitrogen and oxygen atoms in total. The molecular weight excluding hydrogens is 292 g/mol. The molecule has 0 saturated heterocycles. The summed E-state index contributed by atoms with van der Waals surface area (Å²) >= 11 is 5.73. The molecule has 1 rings (SSSR count). The highest BCUT2D eigenvalue weighted by atomic mass is 35.5. The van der Waals surface area contributed by atoms with Crippen LogP contribution in [0, 0.1) is 0 Å². The van der Waals surface area contributed by atoms with Crippen LogP contribution in [0.4, 0.5) is 0 Å². The Labute approximate surface area is 117 Å². The zero-order valence-corrected chi connectivity index (χ0v) is 12.3. The van der Waals surface area contributed by atoms with E-state index in [4.69, 9.17) is 16.3 Å². The van der Waals surface area contributed by atoms with Crippen LogP contribution in [0.1, 0.15) is 13.3 Å². The van der Waals surface area contributed by atoms with Gasteiger partial charge in [0.1, 0.15) is 10.0 Å². The molecule has 0 fully saturated rings. The van der Waals surface area contributed by atoms with Crippen molar-refractivity contribution in [2.75, 3.05) is 20.3 Å². The molecule has 0 aliphatic rings. The largest absolute Gasteiger partial charge is 0.389 e. The van der Waals surface area contributed by atoms with Gasteiger partial charge in [0.25, 0.3) is 0 Å². The summed E-state index contributed by atoms with van der Waals surface area (Å²) in [6.07, 6.45) is 1.71. The van der Waals surface area contributed by atoms with Gasteiger partial charge < -0.3 is 9.84 Å². The van der Waals surface area contributed by atoms with Crippen molar-refractivity contribution < 1.29 is 18.3 Å². The maximum atomic E-state index is 12.0. The van der Waals surface area contributed by atoms with Gasteiger partial charge in [0.2, 0.25) is 10.0 Å². The van der Waals surface area contributed by atoms with E-state index in [0.717, 1.165) is 0 Å². The fourth-order valence-electron chi connectivity index (χ4n) is 1.31. The fourth-order valence-corrected chi connectivity index (χ4v) is 2.92. The third kappa shape index (κ3) is 5.04. The Bertz CT molecular complexity index is 519. The van der Waals surface area contributed by atoms with E-state index < -0.39 is 15.6 Å². The van der Waals surface area contributed by atoms with Crippen LogP contribution in [0.15, 0.2) is 23.2 Å². The Kier molecular flexibility index (Phi) is 5.69. The number of pyridine rings is 1. The number of halogens is 1. The summed E-state index contributed by atoms with van der Waals surface area (Å²) in [6.45, 7) is 1.73. The summed E-state index contributed by atoms with van der Waals surface area (Å²) < 4.78 is 31.1. The minimum atomic E-state index is -3.79.